The summed E-state index contributed by atoms with van der Waals surface area (Å²) in [6.45, 7) is -2.23. The van der Waals surface area contributed by atoms with Crippen molar-refractivity contribution in [2.75, 3.05) is 0 Å². The molecule has 6 heteroatoms. The summed E-state index contributed by atoms with van der Waals surface area (Å²) < 4.78 is 30.1. The number of fused-ring (bicyclic) bond motifs is 4. The second-order valence-corrected chi connectivity index (χ2v) is 11.1. The van der Waals surface area contributed by atoms with Crippen molar-refractivity contribution in [2.24, 2.45) is 0 Å². The maximum absolute atomic E-state index is 7.93. The van der Waals surface area contributed by atoms with Gasteiger partial charge in [0.05, 0.1) is 0 Å². The van der Waals surface area contributed by atoms with Crippen LogP contribution in [0.25, 0.3) is 50.0 Å². The molecule has 0 amide bonds. The zero-order valence-corrected chi connectivity index (χ0v) is 25.8. The number of para-hydroxylation sites is 4. The molecule has 0 saturated heterocycles. The fraction of sp³-hybridized carbons (Fsp3) is 0.0270. The Kier molecular flexibility index (Phi) is 6.34. The maximum atomic E-state index is 7.93. The van der Waals surface area contributed by atoms with Gasteiger partial charge in [-0.25, -0.2) is 9.55 Å². The Hall–Kier alpha value is -4.44. The molecule has 8 rings (SSSR count). The van der Waals surface area contributed by atoms with Gasteiger partial charge in [0.15, 0.2) is 17.4 Å². The number of pyridine rings is 1. The van der Waals surface area contributed by atoms with E-state index in [1.54, 1.807) is 30.1 Å². The quantitative estimate of drug-likeness (QED) is 0.164. The van der Waals surface area contributed by atoms with Crippen LogP contribution in [0.3, 0.4) is 0 Å². The average molecular weight is 756 g/mol. The Morgan fingerprint density at radius 3 is 2.28 bits per heavy atom. The number of imidazole rings is 1. The summed E-state index contributed by atoms with van der Waals surface area (Å²) in [7, 11) is 0. The molecule has 0 spiro atoms. The van der Waals surface area contributed by atoms with E-state index in [2.05, 4.69) is 105 Å². The van der Waals surface area contributed by atoms with Gasteiger partial charge in [-0.3, -0.25) is 0 Å². The third-order valence-electron chi connectivity index (χ3n) is 7.43. The second kappa shape index (κ2) is 11.3. The Morgan fingerprint density at radius 2 is 1.44 bits per heavy atom. The molecule has 0 atom stereocenters. The van der Waals surface area contributed by atoms with Crippen molar-refractivity contribution >= 4 is 44.6 Å². The van der Waals surface area contributed by atoms with Crippen molar-refractivity contribution in [1.29, 1.82) is 0 Å². The third-order valence-corrected chi connectivity index (χ3v) is 8.35. The Labute approximate surface area is 272 Å². The van der Waals surface area contributed by atoms with Crippen LogP contribution in [0.2, 0.25) is 0 Å². The first kappa shape index (κ1) is 24.0. The Balaban J connectivity index is 0.00000338. The van der Waals surface area contributed by atoms with Gasteiger partial charge in [-0.2, -0.15) is 28.8 Å². The summed E-state index contributed by atoms with van der Waals surface area (Å²) in [6.07, 6.45) is 3.67. The van der Waals surface area contributed by atoms with E-state index in [1.165, 1.54) is 0 Å². The van der Waals surface area contributed by atoms with Gasteiger partial charge < -0.3 is 4.57 Å². The first-order valence-electron chi connectivity index (χ1n) is 15.1. The van der Waals surface area contributed by atoms with Gasteiger partial charge in [-0.1, -0.05) is 58.9 Å². The fourth-order valence-corrected chi connectivity index (χ4v) is 6.39. The summed E-state index contributed by atoms with van der Waals surface area (Å²) in [6, 6.07) is 47.6. The SMILES string of the molecule is [2H]C([2H])([2H])c1ccnc(-n2c3[c-]c(Sc4[c-]c(-n5[cH+]n(-c6ccccc6)c6ccccc65)ccc4)ccc3c3ccccc32)c1.[Pt]. The number of rotatable bonds is 5. The van der Waals surface area contributed by atoms with Crippen molar-refractivity contribution in [1.82, 2.24) is 18.7 Å². The molecule has 0 saturated carbocycles. The molecular formula is C37H25N4PtS-. The summed E-state index contributed by atoms with van der Waals surface area (Å²) >= 11 is 1.59. The van der Waals surface area contributed by atoms with Crippen molar-refractivity contribution < 1.29 is 25.2 Å². The molecule has 0 aliphatic rings. The summed E-state index contributed by atoms with van der Waals surface area (Å²) in [5.74, 6) is 0.549. The average Bonchev–Trinajstić information content (AvgIpc) is 3.61. The molecule has 0 bridgehead atoms. The molecule has 8 aromatic rings. The number of hydrogen-bond acceptors (Lipinski definition) is 2. The van der Waals surface area contributed by atoms with Crippen LogP contribution in [0.15, 0.2) is 144 Å². The molecule has 3 aromatic heterocycles. The van der Waals surface area contributed by atoms with Gasteiger partial charge in [0.1, 0.15) is 11.5 Å². The minimum absolute atomic E-state index is 0. The molecule has 3 heterocycles. The van der Waals surface area contributed by atoms with Crippen LogP contribution in [0.5, 0.6) is 0 Å². The predicted octanol–water partition coefficient (Wildman–Crippen LogP) is 9.25. The maximum Gasteiger partial charge on any atom is 0.168 e. The fourth-order valence-electron chi connectivity index (χ4n) is 5.56. The number of benzene rings is 5. The smallest absolute Gasteiger partial charge is 0.168 e. The van der Waals surface area contributed by atoms with E-state index in [0.717, 1.165) is 54.0 Å². The molecule has 0 fully saturated rings. The topological polar surface area (TPSA) is 27.7 Å². The summed E-state index contributed by atoms with van der Waals surface area (Å²) in [5.41, 5.74) is 6.26. The van der Waals surface area contributed by atoms with E-state index in [9.17, 15) is 0 Å². The van der Waals surface area contributed by atoms with E-state index < -0.39 is 6.85 Å². The molecule has 0 aliphatic carbocycles. The first-order chi connectivity index (χ1) is 21.9. The molecule has 4 nitrogen and oxygen atoms in total. The van der Waals surface area contributed by atoms with Crippen LogP contribution < -0.4 is 0 Å². The van der Waals surface area contributed by atoms with Crippen molar-refractivity contribution in [3.8, 4) is 17.2 Å². The summed E-state index contributed by atoms with van der Waals surface area (Å²) in [4.78, 5) is 6.45. The normalized spacial score (nSPS) is 12.6. The van der Waals surface area contributed by atoms with Crippen molar-refractivity contribution in [3.63, 3.8) is 0 Å². The largest absolute Gasteiger partial charge is 0.319 e. The van der Waals surface area contributed by atoms with Crippen LogP contribution in [0.1, 0.15) is 9.68 Å². The van der Waals surface area contributed by atoms with E-state index in [4.69, 9.17) is 4.11 Å². The van der Waals surface area contributed by atoms with Crippen LogP contribution >= 0.6 is 11.8 Å². The molecular weight excluding hydrogens is 728 g/mol. The van der Waals surface area contributed by atoms with Gasteiger partial charge in [0, 0.05) is 54.7 Å². The molecule has 0 radical (unpaired) electrons. The zero-order chi connectivity index (χ0) is 30.5. The van der Waals surface area contributed by atoms with Gasteiger partial charge in [-0.15, -0.1) is 40.2 Å². The standard InChI is InChI=1S/C37H25N4S.Pt/c1-26-20-21-38-37(22-26)41-33-15-6-5-14-31(33)32-19-18-30(24-36(32)41)42-29-13-9-12-28(23-29)40-25-39(27-10-3-2-4-11-27)34-16-7-8-17-35(34)40;/h2-22,25H,1H3;/q-1;/i1D3;. The monoisotopic (exact) mass is 755 g/mol. The Bertz CT molecular complexity index is 2360. The van der Waals surface area contributed by atoms with Crippen molar-refractivity contribution in [2.45, 2.75) is 16.6 Å². The summed E-state index contributed by atoms with van der Waals surface area (Å²) in [5, 5.41) is 2.08. The molecule has 43 heavy (non-hydrogen) atoms. The second-order valence-electron chi connectivity index (χ2n) is 10.0. The molecule has 5 aromatic carbocycles. The van der Waals surface area contributed by atoms with Gasteiger partial charge in [0.25, 0.3) is 0 Å². The van der Waals surface area contributed by atoms with E-state index in [-0.39, 0.29) is 26.6 Å². The van der Waals surface area contributed by atoms with E-state index >= 15 is 0 Å². The molecule has 210 valence electrons. The van der Waals surface area contributed by atoms with Crippen LogP contribution in [0, 0.1) is 19.0 Å². The number of hydrogen-bond donors (Lipinski definition) is 0. The van der Waals surface area contributed by atoms with Gasteiger partial charge in [0.2, 0.25) is 0 Å². The van der Waals surface area contributed by atoms with Crippen molar-refractivity contribution in [3.05, 3.63) is 152 Å². The third kappa shape index (κ3) is 4.89. The van der Waals surface area contributed by atoms with E-state index in [0.29, 0.717) is 5.82 Å². The minimum atomic E-state index is -2.23. The van der Waals surface area contributed by atoms with Gasteiger partial charge in [-0.05, 0) is 48.1 Å². The Morgan fingerprint density at radius 1 is 0.698 bits per heavy atom. The van der Waals surface area contributed by atoms with Crippen LogP contribution in [0.4, 0.5) is 0 Å². The van der Waals surface area contributed by atoms with Crippen LogP contribution in [-0.2, 0) is 21.1 Å². The first-order valence-corrected chi connectivity index (χ1v) is 14.5. The molecule has 0 N–H and O–H groups in total. The molecule has 0 aliphatic heterocycles. The minimum Gasteiger partial charge on any atom is -0.319 e. The number of aryl methyl sites for hydroxylation is 1. The number of nitrogens with zero attached hydrogens (tertiary/aromatic N) is 4. The zero-order valence-electron chi connectivity index (χ0n) is 25.7. The number of aromatic nitrogens is 4. The van der Waals surface area contributed by atoms with Gasteiger partial charge >= 0.3 is 0 Å². The molecule has 0 unspecified atom stereocenters. The van der Waals surface area contributed by atoms with E-state index in [1.807, 2.05) is 41.0 Å². The van der Waals surface area contributed by atoms with Crippen LogP contribution in [-0.4, -0.2) is 18.7 Å². The predicted molar refractivity (Wildman–Crippen MR) is 172 cm³/mol.